The second kappa shape index (κ2) is 3.83. The molecule has 0 unspecified atom stereocenters. The van der Waals surface area contributed by atoms with Crippen LogP contribution in [0.4, 0.5) is 0 Å². The van der Waals surface area contributed by atoms with E-state index in [4.69, 9.17) is 0 Å². The third-order valence-electron chi connectivity index (χ3n) is 2.79. The molecule has 3 heteroatoms. The number of rotatable bonds is 3. The Hall–Kier alpha value is -1.48. The molecule has 0 atom stereocenters. The van der Waals surface area contributed by atoms with Crippen LogP contribution < -0.4 is 5.11 Å². The maximum absolute atomic E-state index is 11.3. The number of hydrogen-bond donors (Lipinski definition) is 1. The standard InChI is InChI=1S/C13H18N2O/c1-15(2,3)7-6-10-9-14-13-5-4-11(16)8-12(10)13/h4-5,8-9,14H,6-7H2,1-3H3. The highest BCUT2D eigenvalue weighted by molar-refractivity contribution is 5.84. The molecule has 2 rings (SSSR count). The van der Waals surface area contributed by atoms with Crippen molar-refractivity contribution >= 4 is 10.9 Å². The molecule has 0 saturated carbocycles. The largest absolute Gasteiger partial charge is 0.872 e. The van der Waals surface area contributed by atoms with E-state index >= 15 is 0 Å². The molecule has 0 saturated heterocycles. The summed E-state index contributed by atoms with van der Waals surface area (Å²) in [6.07, 6.45) is 3.01. The fourth-order valence-electron chi connectivity index (χ4n) is 1.82. The quantitative estimate of drug-likeness (QED) is 0.779. The van der Waals surface area contributed by atoms with E-state index in [0.29, 0.717) is 0 Å². The van der Waals surface area contributed by atoms with Crippen molar-refractivity contribution in [1.82, 2.24) is 4.98 Å². The van der Waals surface area contributed by atoms with Gasteiger partial charge in [-0.1, -0.05) is 12.1 Å². The van der Waals surface area contributed by atoms with Gasteiger partial charge in [0.15, 0.2) is 0 Å². The predicted molar refractivity (Wildman–Crippen MR) is 64.3 cm³/mol. The molecule has 0 spiro atoms. The minimum absolute atomic E-state index is 0.0820. The first kappa shape index (κ1) is 11.0. The summed E-state index contributed by atoms with van der Waals surface area (Å²) < 4.78 is 0.934. The zero-order chi connectivity index (χ0) is 11.8. The number of benzene rings is 1. The molecule has 0 aliphatic rings. The molecule has 1 heterocycles. The molecule has 0 radical (unpaired) electrons. The fraction of sp³-hybridized carbons (Fsp3) is 0.385. The number of nitrogens with one attached hydrogen (secondary N) is 1. The summed E-state index contributed by atoms with van der Waals surface area (Å²) in [6.45, 7) is 1.07. The van der Waals surface area contributed by atoms with Crippen molar-refractivity contribution in [2.75, 3.05) is 27.7 Å². The number of quaternary nitrogens is 1. The molecular weight excluding hydrogens is 200 g/mol. The van der Waals surface area contributed by atoms with Crippen molar-refractivity contribution < 1.29 is 9.59 Å². The summed E-state index contributed by atoms with van der Waals surface area (Å²) in [5.74, 6) is 0.0820. The normalized spacial score (nSPS) is 12.2. The molecule has 0 fully saturated rings. The number of nitrogens with zero attached hydrogens (tertiary/aromatic N) is 1. The Morgan fingerprint density at radius 1 is 1.25 bits per heavy atom. The van der Waals surface area contributed by atoms with Crippen molar-refractivity contribution in [1.29, 1.82) is 0 Å². The number of H-pyrrole nitrogens is 1. The average molecular weight is 218 g/mol. The van der Waals surface area contributed by atoms with Gasteiger partial charge in [0.1, 0.15) is 0 Å². The van der Waals surface area contributed by atoms with Gasteiger partial charge in [-0.05, 0) is 11.6 Å². The van der Waals surface area contributed by atoms with E-state index in [1.54, 1.807) is 12.1 Å². The van der Waals surface area contributed by atoms with Gasteiger partial charge in [0, 0.05) is 23.5 Å². The lowest BCUT2D eigenvalue weighted by Gasteiger charge is -2.23. The van der Waals surface area contributed by atoms with E-state index in [9.17, 15) is 5.11 Å². The fourth-order valence-corrected chi connectivity index (χ4v) is 1.82. The summed E-state index contributed by atoms with van der Waals surface area (Å²) in [6, 6.07) is 5.17. The predicted octanol–water partition coefficient (Wildman–Crippen LogP) is 1.49. The van der Waals surface area contributed by atoms with Crippen LogP contribution in [-0.2, 0) is 6.42 Å². The highest BCUT2D eigenvalue weighted by Gasteiger charge is 2.09. The van der Waals surface area contributed by atoms with Gasteiger partial charge in [-0.2, -0.15) is 0 Å². The van der Waals surface area contributed by atoms with E-state index < -0.39 is 0 Å². The monoisotopic (exact) mass is 218 g/mol. The van der Waals surface area contributed by atoms with Crippen LogP contribution in [0.1, 0.15) is 5.56 Å². The summed E-state index contributed by atoms with van der Waals surface area (Å²) in [4.78, 5) is 3.21. The molecule has 3 nitrogen and oxygen atoms in total. The van der Waals surface area contributed by atoms with Gasteiger partial charge in [-0.3, -0.25) is 0 Å². The van der Waals surface area contributed by atoms with Crippen LogP contribution in [-0.4, -0.2) is 37.2 Å². The smallest absolute Gasteiger partial charge is 0.0822 e. The Morgan fingerprint density at radius 3 is 2.69 bits per heavy atom. The van der Waals surface area contributed by atoms with Gasteiger partial charge < -0.3 is 14.6 Å². The van der Waals surface area contributed by atoms with Crippen LogP contribution in [0.5, 0.6) is 5.75 Å². The zero-order valence-corrected chi connectivity index (χ0v) is 10.1. The molecule has 0 aliphatic heterocycles. The number of fused-ring (bicyclic) bond motifs is 1. The Bertz CT molecular complexity index is 494. The zero-order valence-electron chi connectivity index (χ0n) is 10.1. The Kier molecular flexibility index (Phi) is 2.64. The minimum Gasteiger partial charge on any atom is -0.872 e. The van der Waals surface area contributed by atoms with Gasteiger partial charge >= 0.3 is 0 Å². The van der Waals surface area contributed by atoms with E-state index in [1.165, 1.54) is 5.56 Å². The highest BCUT2D eigenvalue weighted by atomic mass is 16.3. The molecule has 0 bridgehead atoms. The van der Waals surface area contributed by atoms with E-state index in [2.05, 4.69) is 26.1 Å². The summed E-state index contributed by atoms with van der Waals surface area (Å²) in [7, 11) is 6.52. The van der Waals surface area contributed by atoms with Crippen LogP contribution >= 0.6 is 0 Å². The van der Waals surface area contributed by atoms with Crippen LogP contribution in [0.15, 0.2) is 24.4 Å². The molecule has 16 heavy (non-hydrogen) atoms. The molecule has 1 aromatic heterocycles. The van der Waals surface area contributed by atoms with Crippen LogP contribution in [0.3, 0.4) is 0 Å². The third kappa shape index (κ3) is 2.36. The average Bonchev–Trinajstić information content (AvgIpc) is 2.56. The number of aromatic amines is 1. The van der Waals surface area contributed by atoms with Crippen molar-refractivity contribution in [3.8, 4) is 5.75 Å². The lowest BCUT2D eigenvalue weighted by molar-refractivity contribution is -0.870. The van der Waals surface area contributed by atoms with Crippen molar-refractivity contribution in [3.05, 3.63) is 30.0 Å². The first-order valence-electron chi connectivity index (χ1n) is 5.53. The van der Waals surface area contributed by atoms with Gasteiger partial charge in [-0.15, -0.1) is 5.75 Å². The Morgan fingerprint density at radius 2 is 2.00 bits per heavy atom. The van der Waals surface area contributed by atoms with Crippen LogP contribution in [0, 0.1) is 0 Å². The molecular formula is C13H18N2O. The lowest BCUT2D eigenvalue weighted by Crippen LogP contribution is -2.36. The third-order valence-corrected chi connectivity index (χ3v) is 2.79. The number of aromatic nitrogens is 1. The van der Waals surface area contributed by atoms with E-state index in [-0.39, 0.29) is 5.75 Å². The molecule has 0 aliphatic carbocycles. The van der Waals surface area contributed by atoms with Crippen molar-refractivity contribution in [3.63, 3.8) is 0 Å². The van der Waals surface area contributed by atoms with Crippen LogP contribution in [0.2, 0.25) is 0 Å². The van der Waals surface area contributed by atoms with Crippen molar-refractivity contribution in [2.45, 2.75) is 6.42 Å². The Labute approximate surface area is 95.9 Å². The van der Waals surface area contributed by atoms with Crippen LogP contribution in [0.25, 0.3) is 10.9 Å². The highest BCUT2D eigenvalue weighted by Crippen LogP contribution is 2.22. The van der Waals surface area contributed by atoms with E-state index in [1.807, 2.05) is 12.3 Å². The molecule has 1 aromatic carbocycles. The maximum Gasteiger partial charge on any atom is 0.0822 e. The van der Waals surface area contributed by atoms with E-state index in [0.717, 1.165) is 28.4 Å². The van der Waals surface area contributed by atoms with Gasteiger partial charge in [0.05, 0.1) is 27.7 Å². The van der Waals surface area contributed by atoms with Crippen molar-refractivity contribution in [2.24, 2.45) is 0 Å². The number of hydrogen-bond acceptors (Lipinski definition) is 1. The number of likely N-dealkylation sites (N-methyl/N-ethyl adjacent to an activating group) is 1. The first-order valence-corrected chi connectivity index (χ1v) is 5.53. The molecule has 2 aromatic rings. The van der Waals surface area contributed by atoms with Gasteiger partial charge in [0.25, 0.3) is 0 Å². The Balaban J connectivity index is 2.28. The topological polar surface area (TPSA) is 38.8 Å². The second-order valence-corrected chi connectivity index (χ2v) is 5.29. The molecule has 0 amide bonds. The SMILES string of the molecule is C[N+](C)(C)CCc1c[nH]c2ccc([O-])cc12. The summed E-state index contributed by atoms with van der Waals surface area (Å²) in [5, 5.41) is 12.4. The summed E-state index contributed by atoms with van der Waals surface area (Å²) in [5.41, 5.74) is 2.29. The van der Waals surface area contributed by atoms with Gasteiger partial charge in [-0.25, -0.2) is 0 Å². The summed E-state index contributed by atoms with van der Waals surface area (Å²) >= 11 is 0. The minimum atomic E-state index is 0.0820. The first-order chi connectivity index (χ1) is 7.46. The molecule has 1 N–H and O–H groups in total. The molecule has 86 valence electrons. The lowest BCUT2D eigenvalue weighted by atomic mass is 10.1. The van der Waals surface area contributed by atoms with Gasteiger partial charge in [0.2, 0.25) is 0 Å². The second-order valence-electron chi connectivity index (χ2n) is 5.29. The maximum atomic E-state index is 11.3.